The summed E-state index contributed by atoms with van der Waals surface area (Å²) >= 11 is 0. The fourth-order valence-electron chi connectivity index (χ4n) is 3.38. The zero-order valence-electron chi connectivity index (χ0n) is 16.5. The molecule has 1 aromatic heterocycles. The standard InChI is InChI=1S/C23H25N3O2/c1-17-21(14-24-26(17)15-20-16-27-23(2,3)28-20)25-22(18-10-6-4-7-11-18)19-12-8-5-9-13-19/h4-14,20H,15-16H2,1-3H3/t20-/m1/s1. The minimum atomic E-state index is -0.527. The highest BCUT2D eigenvalue weighted by Crippen LogP contribution is 2.26. The van der Waals surface area contributed by atoms with Crippen LogP contribution >= 0.6 is 0 Å². The molecule has 1 fully saturated rings. The predicted molar refractivity (Wildman–Crippen MR) is 110 cm³/mol. The number of benzene rings is 2. The molecule has 0 spiro atoms. The molecule has 3 aromatic rings. The summed E-state index contributed by atoms with van der Waals surface area (Å²) in [6, 6.07) is 20.5. The summed E-state index contributed by atoms with van der Waals surface area (Å²) in [4.78, 5) is 4.98. The normalized spacial score (nSPS) is 18.2. The van der Waals surface area contributed by atoms with Crippen molar-refractivity contribution >= 4 is 11.4 Å². The number of rotatable bonds is 5. The Bertz CT molecular complexity index is 921. The van der Waals surface area contributed by atoms with E-state index in [9.17, 15) is 0 Å². The van der Waals surface area contributed by atoms with Crippen LogP contribution in [-0.2, 0) is 16.0 Å². The molecule has 5 heteroatoms. The highest BCUT2D eigenvalue weighted by molar-refractivity contribution is 6.13. The smallest absolute Gasteiger partial charge is 0.163 e. The van der Waals surface area contributed by atoms with Crippen LogP contribution in [-0.4, -0.2) is 34.0 Å². The second-order valence-electron chi connectivity index (χ2n) is 7.44. The van der Waals surface area contributed by atoms with Gasteiger partial charge >= 0.3 is 0 Å². The Labute approximate surface area is 165 Å². The van der Waals surface area contributed by atoms with Gasteiger partial charge in [0.25, 0.3) is 0 Å². The quantitative estimate of drug-likeness (QED) is 0.617. The van der Waals surface area contributed by atoms with Crippen LogP contribution in [0.2, 0.25) is 0 Å². The van der Waals surface area contributed by atoms with Crippen molar-refractivity contribution in [1.82, 2.24) is 9.78 Å². The van der Waals surface area contributed by atoms with E-state index < -0.39 is 5.79 Å². The van der Waals surface area contributed by atoms with E-state index in [1.165, 1.54) is 0 Å². The molecular formula is C23H25N3O2. The topological polar surface area (TPSA) is 48.6 Å². The number of nitrogens with zero attached hydrogens (tertiary/aromatic N) is 3. The van der Waals surface area contributed by atoms with Crippen molar-refractivity contribution < 1.29 is 9.47 Å². The van der Waals surface area contributed by atoms with E-state index in [4.69, 9.17) is 14.5 Å². The molecule has 1 aliphatic heterocycles. The molecule has 4 rings (SSSR count). The van der Waals surface area contributed by atoms with Gasteiger partial charge in [0.05, 0.1) is 30.8 Å². The number of ether oxygens (including phenoxy) is 2. The van der Waals surface area contributed by atoms with Crippen molar-refractivity contribution in [3.8, 4) is 0 Å². The molecule has 1 aliphatic rings. The molecule has 144 valence electrons. The summed E-state index contributed by atoms with van der Waals surface area (Å²) in [6.45, 7) is 7.14. The second-order valence-corrected chi connectivity index (χ2v) is 7.44. The molecule has 0 unspecified atom stereocenters. The lowest BCUT2D eigenvalue weighted by molar-refractivity contribution is -0.139. The van der Waals surface area contributed by atoms with Crippen LogP contribution in [0.25, 0.3) is 0 Å². The predicted octanol–water partition coefficient (Wildman–Crippen LogP) is 4.51. The second kappa shape index (κ2) is 7.70. The molecule has 5 nitrogen and oxygen atoms in total. The van der Waals surface area contributed by atoms with Gasteiger partial charge in [-0.25, -0.2) is 4.99 Å². The van der Waals surface area contributed by atoms with E-state index in [-0.39, 0.29) is 6.10 Å². The van der Waals surface area contributed by atoms with E-state index in [0.29, 0.717) is 13.2 Å². The van der Waals surface area contributed by atoms with Crippen LogP contribution in [0.5, 0.6) is 0 Å². The van der Waals surface area contributed by atoms with Gasteiger partial charge in [-0.1, -0.05) is 60.7 Å². The number of hydrogen-bond donors (Lipinski definition) is 0. The Morgan fingerprint density at radius 3 is 2.21 bits per heavy atom. The molecule has 0 aliphatic carbocycles. The minimum Gasteiger partial charge on any atom is -0.348 e. The van der Waals surface area contributed by atoms with Gasteiger partial charge in [0.15, 0.2) is 5.79 Å². The molecule has 0 saturated carbocycles. The largest absolute Gasteiger partial charge is 0.348 e. The van der Waals surface area contributed by atoms with Gasteiger partial charge in [-0.05, 0) is 20.8 Å². The molecule has 1 saturated heterocycles. The van der Waals surface area contributed by atoms with Gasteiger partial charge in [0, 0.05) is 11.1 Å². The van der Waals surface area contributed by atoms with Crippen molar-refractivity contribution in [3.05, 3.63) is 83.7 Å². The fraction of sp³-hybridized carbons (Fsp3) is 0.304. The van der Waals surface area contributed by atoms with E-state index in [1.54, 1.807) is 0 Å². The zero-order valence-corrected chi connectivity index (χ0v) is 16.5. The van der Waals surface area contributed by atoms with Crippen molar-refractivity contribution in [2.24, 2.45) is 4.99 Å². The van der Waals surface area contributed by atoms with Gasteiger partial charge in [-0.15, -0.1) is 0 Å². The van der Waals surface area contributed by atoms with Crippen LogP contribution in [0.15, 0.2) is 71.9 Å². The van der Waals surface area contributed by atoms with Crippen LogP contribution in [0.4, 0.5) is 5.69 Å². The fourth-order valence-corrected chi connectivity index (χ4v) is 3.38. The Hall–Kier alpha value is -2.76. The molecule has 0 radical (unpaired) electrons. The van der Waals surface area contributed by atoms with Gasteiger partial charge in [0.1, 0.15) is 11.8 Å². The monoisotopic (exact) mass is 375 g/mol. The first-order valence-electron chi connectivity index (χ1n) is 9.55. The first kappa shape index (κ1) is 18.6. The lowest BCUT2D eigenvalue weighted by Crippen LogP contribution is -2.24. The van der Waals surface area contributed by atoms with Gasteiger partial charge < -0.3 is 9.47 Å². The van der Waals surface area contributed by atoms with Crippen molar-refractivity contribution in [1.29, 1.82) is 0 Å². The average Bonchev–Trinajstić information content (AvgIpc) is 3.23. The van der Waals surface area contributed by atoms with Crippen LogP contribution in [0.3, 0.4) is 0 Å². The molecule has 0 bridgehead atoms. The van der Waals surface area contributed by atoms with E-state index in [1.807, 2.05) is 68.0 Å². The van der Waals surface area contributed by atoms with Crippen molar-refractivity contribution in [2.45, 2.75) is 39.2 Å². The van der Waals surface area contributed by atoms with Crippen LogP contribution < -0.4 is 0 Å². The number of aliphatic imine (C=N–C) groups is 1. The van der Waals surface area contributed by atoms with E-state index in [2.05, 4.69) is 29.4 Å². The molecule has 28 heavy (non-hydrogen) atoms. The average molecular weight is 375 g/mol. The molecule has 0 N–H and O–H groups in total. The molecule has 2 heterocycles. The van der Waals surface area contributed by atoms with E-state index >= 15 is 0 Å². The Kier molecular flexibility index (Phi) is 5.11. The molecule has 2 aromatic carbocycles. The van der Waals surface area contributed by atoms with Gasteiger partial charge in [-0.2, -0.15) is 5.10 Å². The maximum Gasteiger partial charge on any atom is 0.163 e. The summed E-state index contributed by atoms with van der Waals surface area (Å²) in [5, 5.41) is 4.54. The number of hydrogen-bond acceptors (Lipinski definition) is 4. The first-order valence-corrected chi connectivity index (χ1v) is 9.55. The van der Waals surface area contributed by atoms with E-state index in [0.717, 1.165) is 28.2 Å². The zero-order chi connectivity index (χ0) is 19.6. The SMILES string of the molecule is Cc1c(N=C(c2ccccc2)c2ccccc2)cnn1C[C@@H]1COC(C)(C)O1. The summed E-state index contributed by atoms with van der Waals surface area (Å²) < 4.78 is 13.5. The first-order chi connectivity index (χ1) is 13.5. The highest BCUT2D eigenvalue weighted by atomic mass is 16.7. The third-order valence-electron chi connectivity index (χ3n) is 4.85. The Morgan fingerprint density at radius 2 is 1.68 bits per heavy atom. The highest BCUT2D eigenvalue weighted by Gasteiger charge is 2.33. The maximum atomic E-state index is 5.92. The third-order valence-corrected chi connectivity index (χ3v) is 4.85. The van der Waals surface area contributed by atoms with Gasteiger partial charge in [-0.3, -0.25) is 4.68 Å². The Balaban J connectivity index is 1.65. The summed E-state index contributed by atoms with van der Waals surface area (Å²) in [6.07, 6.45) is 1.82. The molecule has 1 atom stereocenters. The van der Waals surface area contributed by atoms with Gasteiger partial charge in [0.2, 0.25) is 0 Å². The lowest BCUT2D eigenvalue weighted by atomic mass is 10.0. The van der Waals surface area contributed by atoms with Crippen molar-refractivity contribution in [2.75, 3.05) is 6.61 Å². The van der Waals surface area contributed by atoms with Crippen LogP contribution in [0, 0.1) is 6.92 Å². The lowest BCUT2D eigenvalue weighted by Gasteiger charge is -2.17. The summed E-state index contributed by atoms with van der Waals surface area (Å²) in [5.41, 5.74) is 4.97. The molecule has 0 amide bonds. The van der Waals surface area contributed by atoms with Crippen LogP contribution in [0.1, 0.15) is 30.7 Å². The summed E-state index contributed by atoms with van der Waals surface area (Å²) in [7, 11) is 0. The van der Waals surface area contributed by atoms with Crippen molar-refractivity contribution in [3.63, 3.8) is 0 Å². The number of aromatic nitrogens is 2. The minimum absolute atomic E-state index is 0.00635. The third kappa shape index (κ3) is 4.06. The molecular weight excluding hydrogens is 350 g/mol. The maximum absolute atomic E-state index is 5.92. The Morgan fingerprint density at radius 1 is 1.07 bits per heavy atom. The summed E-state index contributed by atoms with van der Waals surface area (Å²) in [5.74, 6) is -0.527.